The molecule has 198 valence electrons. The second-order valence-corrected chi connectivity index (χ2v) is 10.5. The highest BCUT2D eigenvalue weighted by Crippen LogP contribution is 2.33. The maximum Gasteiger partial charge on any atom is 0.277 e. The minimum absolute atomic E-state index is 0.0739. The Hall–Kier alpha value is -4.97. The van der Waals surface area contributed by atoms with Crippen LogP contribution >= 0.6 is 11.3 Å². The number of nitrogens with one attached hydrogen (secondary N) is 3. The van der Waals surface area contributed by atoms with Crippen LogP contribution in [0.5, 0.6) is 0 Å². The summed E-state index contributed by atoms with van der Waals surface area (Å²) >= 11 is 1.50. The summed E-state index contributed by atoms with van der Waals surface area (Å²) in [6.07, 6.45) is 4.98. The van der Waals surface area contributed by atoms with Crippen molar-refractivity contribution in [2.75, 3.05) is 23.3 Å². The molecule has 0 unspecified atom stereocenters. The number of amides is 1. The first kappa shape index (κ1) is 24.1. The van der Waals surface area contributed by atoms with E-state index in [2.05, 4.69) is 45.1 Å². The monoisotopic (exact) mass is 549 g/mol. The predicted molar refractivity (Wildman–Crippen MR) is 152 cm³/mol. The molecule has 2 aromatic carbocycles. The normalized spacial score (nSPS) is 14.2. The molecule has 1 amide bonds. The molecule has 0 bridgehead atoms. The number of rotatable bonds is 6. The van der Waals surface area contributed by atoms with Crippen LogP contribution < -0.4 is 10.2 Å². The zero-order valence-corrected chi connectivity index (χ0v) is 22.0. The number of anilines is 2. The molecule has 1 saturated heterocycles. The second-order valence-electron chi connectivity index (χ2n) is 9.60. The maximum absolute atomic E-state index is 13.0. The molecule has 0 saturated carbocycles. The van der Waals surface area contributed by atoms with Gasteiger partial charge in [-0.25, -0.2) is 24.9 Å². The van der Waals surface area contributed by atoms with Crippen molar-refractivity contribution in [2.45, 2.75) is 18.8 Å². The van der Waals surface area contributed by atoms with Crippen molar-refractivity contribution in [1.82, 2.24) is 34.9 Å². The minimum atomic E-state index is -0.331. The fourth-order valence-corrected chi connectivity index (χ4v) is 6.02. The van der Waals surface area contributed by atoms with Gasteiger partial charge in [0.1, 0.15) is 17.5 Å². The number of fused-ring (bicyclic) bond motifs is 2. The molecule has 0 radical (unpaired) electrons. The number of carbonyl (C=O) groups excluding carboxylic acids is 2. The molecule has 0 atom stereocenters. The molecule has 1 aliphatic rings. The van der Waals surface area contributed by atoms with Gasteiger partial charge in [0, 0.05) is 35.5 Å². The lowest BCUT2D eigenvalue weighted by atomic mass is 9.97. The lowest BCUT2D eigenvalue weighted by molar-refractivity contribution is 0.101. The fourth-order valence-electron chi connectivity index (χ4n) is 5.05. The first-order chi connectivity index (χ1) is 19.6. The highest BCUT2D eigenvalue weighted by atomic mass is 32.1. The Labute approximate surface area is 231 Å². The average Bonchev–Trinajstić information content (AvgIpc) is 3.76. The molecule has 3 N–H and O–H groups in total. The molecule has 7 rings (SSSR count). The molecule has 6 aromatic rings. The topological polar surface area (TPSA) is 145 Å². The predicted octanol–water partition coefficient (Wildman–Crippen LogP) is 4.55. The van der Waals surface area contributed by atoms with Crippen molar-refractivity contribution in [3.63, 3.8) is 0 Å². The summed E-state index contributed by atoms with van der Waals surface area (Å²) in [5.41, 5.74) is 4.35. The van der Waals surface area contributed by atoms with E-state index in [1.165, 1.54) is 11.3 Å². The van der Waals surface area contributed by atoms with Crippen molar-refractivity contribution in [3.05, 3.63) is 88.4 Å². The van der Waals surface area contributed by atoms with Gasteiger partial charge in [0.15, 0.2) is 17.2 Å². The van der Waals surface area contributed by atoms with Crippen molar-refractivity contribution in [2.24, 2.45) is 0 Å². The highest BCUT2D eigenvalue weighted by molar-refractivity contribution is 7.10. The Morgan fingerprint density at radius 3 is 2.67 bits per heavy atom. The number of piperidine rings is 1. The third kappa shape index (κ3) is 4.47. The number of imidazole rings is 2. The van der Waals surface area contributed by atoms with Crippen molar-refractivity contribution in [3.8, 4) is 0 Å². The largest absolute Gasteiger partial charge is 0.355 e. The van der Waals surface area contributed by atoms with Gasteiger partial charge in [-0.1, -0.05) is 30.3 Å². The van der Waals surface area contributed by atoms with E-state index in [0.29, 0.717) is 39.4 Å². The van der Waals surface area contributed by atoms with E-state index in [1.807, 2.05) is 18.2 Å². The van der Waals surface area contributed by atoms with Crippen molar-refractivity contribution >= 4 is 57.0 Å². The Morgan fingerprint density at radius 1 is 0.975 bits per heavy atom. The highest BCUT2D eigenvalue weighted by Gasteiger charge is 2.26. The van der Waals surface area contributed by atoms with Crippen molar-refractivity contribution < 1.29 is 9.59 Å². The molecule has 40 heavy (non-hydrogen) atoms. The van der Waals surface area contributed by atoms with Gasteiger partial charge in [-0.15, -0.1) is 11.3 Å². The van der Waals surface area contributed by atoms with E-state index < -0.39 is 0 Å². The van der Waals surface area contributed by atoms with Gasteiger partial charge in [0.05, 0.1) is 22.4 Å². The van der Waals surface area contributed by atoms with E-state index in [0.717, 1.165) is 42.3 Å². The van der Waals surface area contributed by atoms with Crippen LogP contribution in [0.25, 0.3) is 22.2 Å². The summed E-state index contributed by atoms with van der Waals surface area (Å²) in [6, 6.07) is 14.4. The number of hydrogen-bond acceptors (Lipinski definition) is 9. The van der Waals surface area contributed by atoms with Crippen LogP contribution in [-0.2, 0) is 0 Å². The Balaban J connectivity index is 1.01. The summed E-state index contributed by atoms with van der Waals surface area (Å²) in [4.78, 5) is 56.2. The lowest BCUT2D eigenvalue weighted by Crippen LogP contribution is -2.33. The van der Waals surface area contributed by atoms with Gasteiger partial charge < -0.3 is 14.9 Å². The number of aromatic amines is 2. The zero-order chi connectivity index (χ0) is 27.1. The third-order valence-corrected chi connectivity index (χ3v) is 8.12. The van der Waals surface area contributed by atoms with E-state index >= 15 is 0 Å². The Bertz CT molecular complexity index is 1850. The quantitative estimate of drug-likeness (QED) is 0.257. The van der Waals surface area contributed by atoms with E-state index in [9.17, 15) is 9.59 Å². The first-order valence-electron chi connectivity index (χ1n) is 12.9. The summed E-state index contributed by atoms with van der Waals surface area (Å²) in [5, 5.41) is 5.55. The van der Waals surface area contributed by atoms with Gasteiger partial charge in [-0.05, 0) is 31.0 Å². The number of hydrogen-bond donors (Lipinski definition) is 3. The second kappa shape index (κ2) is 9.97. The van der Waals surface area contributed by atoms with Crippen LogP contribution in [-0.4, -0.2) is 59.7 Å². The molecule has 1 aliphatic heterocycles. The fraction of sp³-hybridized carbons (Fsp3) is 0.179. The first-order valence-corrected chi connectivity index (χ1v) is 13.8. The Kier molecular flexibility index (Phi) is 6.00. The van der Waals surface area contributed by atoms with Gasteiger partial charge in [0.2, 0.25) is 5.95 Å². The Morgan fingerprint density at radius 2 is 1.82 bits per heavy atom. The smallest absolute Gasteiger partial charge is 0.277 e. The number of H-pyrrole nitrogens is 2. The van der Waals surface area contributed by atoms with Gasteiger partial charge >= 0.3 is 0 Å². The molecule has 11 nitrogen and oxygen atoms in total. The van der Waals surface area contributed by atoms with Crippen LogP contribution in [0.1, 0.15) is 50.2 Å². The number of benzene rings is 2. The van der Waals surface area contributed by atoms with E-state index in [1.54, 1.807) is 48.4 Å². The number of carbonyl (C=O) groups is 2. The summed E-state index contributed by atoms with van der Waals surface area (Å²) in [6.45, 7) is 1.65. The zero-order valence-electron chi connectivity index (χ0n) is 21.2. The van der Waals surface area contributed by atoms with Crippen LogP contribution in [0.4, 0.5) is 11.8 Å². The molecular weight excluding hydrogens is 526 g/mol. The molecular formula is C28H23N9O2S. The number of thiazole rings is 1. The molecule has 12 heteroatoms. The van der Waals surface area contributed by atoms with Gasteiger partial charge in [-0.2, -0.15) is 0 Å². The van der Waals surface area contributed by atoms with Crippen LogP contribution in [0.3, 0.4) is 0 Å². The third-order valence-electron chi connectivity index (χ3n) is 7.11. The number of ketones is 1. The molecule has 5 heterocycles. The molecule has 4 aromatic heterocycles. The van der Waals surface area contributed by atoms with E-state index in [4.69, 9.17) is 0 Å². The lowest BCUT2D eigenvalue weighted by Gasteiger charge is -2.31. The van der Waals surface area contributed by atoms with Gasteiger partial charge in [-0.3, -0.25) is 14.9 Å². The minimum Gasteiger partial charge on any atom is -0.355 e. The molecule has 1 fully saturated rings. The van der Waals surface area contributed by atoms with Gasteiger partial charge in [0.25, 0.3) is 5.91 Å². The summed E-state index contributed by atoms with van der Waals surface area (Å²) < 4.78 is 0. The molecule has 0 aliphatic carbocycles. The number of aromatic nitrogens is 7. The SMILES string of the molecule is O=C(c1ccccc1)c1ccc2nc(NC(=O)c3csc(C4CCN(c5ncnc6nc[nH]c56)CC4)n3)[nH]c2c1. The van der Waals surface area contributed by atoms with E-state index in [-0.39, 0.29) is 17.6 Å². The maximum atomic E-state index is 13.0. The van der Waals surface area contributed by atoms with Crippen LogP contribution in [0.15, 0.2) is 66.6 Å². The summed E-state index contributed by atoms with van der Waals surface area (Å²) in [5.74, 6) is 1.04. The number of nitrogens with zero attached hydrogens (tertiary/aromatic N) is 6. The van der Waals surface area contributed by atoms with Crippen molar-refractivity contribution in [1.29, 1.82) is 0 Å². The standard InChI is InChI=1S/C28H23N9O2S/c38-23(16-4-2-1-3-5-16)18-6-7-19-20(12-18)35-28(34-19)36-26(39)21-13-40-27(33-21)17-8-10-37(11-9-17)25-22-24(30-14-29-22)31-15-32-25/h1-7,12-15,17H,8-11H2,(H,29,30,31,32)(H2,34,35,36,39). The average molecular weight is 550 g/mol. The molecule has 0 spiro atoms. The van der Waals surface area contributed by atoms with Crippen LogP contribution in [0, 0.1) is 0 Å². The van der Waals surface area contributed by atoms with Crippen LogP contribution in [0.2, 0.25) is 0 Å². The summed E-state index contributed by atoms with van der Waals surface area (Å²) in [7, 11) is 0.